The van der Waals surface area contributed by atoms with Gasteiger partial charge in [-0.25, -0.2) is 24.9 Å². The van der Waals surface area contributed by atoms with Crippen molar-refractivity contribution in [1.82, 2.24) is 24.9 Å². The van der Waals surface area contributed by atoms with Crippen molar-refractivity contribution in [2.75, 3.05) is 23.3 Å². The van der Waals surface area contributed by atoms with E-state index >= 15 is 0 Å². The molecule has 1 aliphatic heterocycles. The van der Waals surface area contributed by atoms with Gasteiger partial charge in [-0.1, -0.05) is 6.07 Å². The lowest BCUT2D eigenvalue weighted by molar-refractivity contribution is 0.704. The third kappa shape index (κ3) is 3.46. The van der Waals surface area contributed by atoms with Gasteiger partial charge >= 0.3 is 0 Å². The summed E-state index contributed by atoms with van der Waals surface area (Å²) in [5, 5.41) is 3.32. The predicted molar refractivity (Wildman–Crippen MR) is 101 cm³/mol. The number of hydrogen-bond donors (Lipinski definition) is 1. The van der Waals surface area contributed by atoms with Crippen LogP contribution in [0.3, 0.4) is 0 Å². The van der Waals surface area contributed by atoms with E-state index in [4.69, 9.17) is 4.98 Å². The van der Waals surface area contributed by atoms with Gasteiger partial charge in [-0.3, -0.25) is 0 Å². The summed E-state index contributed by atoms with van der Waals surface area (Å²) in [7, 11) is 0. The van der Waals surface area contributed by atoms with Gasteiger partial charge in [0.25, 0.3) is 0 Å². The van der Waals surface area contributed by atoms with E-state index in [-0.39, 0.29) is 5.92 Å². The summed E-state index contributed by atoms with van der Waals surface area (Å²) in [5.74, 6) is 3.50. The van der Waals surface area contributed by atoms with E-state index in [1.807, 2.05) is 38.1 Å². The standard InChI is InChI=1S/C19H21N7/c1-13-5-3-7-20-17(13)24-16-11-14(2)23-18(25-16)15-6-10-26(12-15)19-21-8-4-9-22-19/h3-5,7-9,11,15H,6,10,12H2,1-2H3,(H,20,23,24,25)/t15-/m1/s1. The van der Waals surface area contributed by atoms with Crippen molar-refractivity contribution in [2.45, 2.75) is 26.2 Å². The maximum Gasteiger partial charge on any atom is 0.225 e. The third-order valence-corrected chi connectivity index (χ3v) is 4.52. The van der Waals surface area contributed by atoms with Gasteiger partial charge in [-0.15, -0.1) is 0 Å². The number of aromatic nitrogens is 5. The van der Waals surface area contributed by atoms with Crippen LogP contribution in [-0.4, -0.2) is 38.0 Å². The first kappa shape index (κ1) is 16.4. The van der Waals surface area contributed by atoms with Crippen molar-refractivity contribution in [1.29, 1.82) is 0 Å². The van der Waals surface area contributed by atoms with Gasteiger partial charge in [0.1, 0.15) is 17.5 Å². The van der Waals surface area contributed by atoms with Gasteiger partial charge < -0.3 is 10.2 Å². The molecule has 4 heterocycles. The highest BCUT2D eigenvalue weighted by molar-refractivity contribution is 5.55. The Balaban J connectivity index is 1.54. The quantitative estimate of drug-likeness (QED) is 0.777. The molecule has 1 atom stereocenters. The minimum absolute atomic E-state index is 0.268. The van der Waals surface area contributed by atoms with E-state index in [0.717, 1.165) is 54.2 Å². The molecule has 0 spiro atoms. The van der Waals surface area contributed by atoms with E-state index in [1.165, 1.54) is 0 Å². The van der Waals surface area contributed by atoms with Gasteiger partial charge in [-0.05, 0) is 38.0 Å². The molecule has 0 radical (unpaired) electrons. The van der Waals surface area contributed by atoms with Crippen molar-refractivity contribution in [2.24, 2.45) is 0 Å². The number of nitrogens with one attached hydrogen (secondary N) is 1. The van der Waals surface area contributed by atoms with Crippen molar-refractivity contribution in [3.8, 4) is 0 Å². The number of anilines is 3. The van der Waals surface area contributed by atoms with Gasteiger partial charge in [0, 0.05) is 49.4 Å². The van der Waals surface area contributed by atoms with Crippen LogP contribution < -0.4 is 10.2 Å². The van der Waals surface area contributed by atoms with E-state index in [0.29, 0.717) is 0 Å². The Kier molecular flexibility index (Phi) is 4.43. The number of rotatable bonds is 4. The number of nitrogens with zero attached hydrogens (tertiary/aromatic N) is 6. The van der Waals surface area contributed by atoms with Crippen LogP contribution in [0.25, 0.3) is 0 Å². The molecule has 0 amide bonds. The van der Waals surface area contributed by atoms with E-state index in [9.17, 15) is 0 Å². The smallest absolute Gasteiger partial charge is 0.225 e. The van der Waals surface area contributed by atoms with Crippen LogP contribution in [0, 0.1) is 13.8 Å². The SMILES string of the molecule is Cc1cc(Nc2ncccc2C)nc([C@@H]2CCN(c3ncccn3)C2)n1. The largest absolute Gasteiger partial charge is 0.340 e. The first-order valence-corrected chi connectivity index (χ1v) is 8.75. The van der Waals surface area contributed by atoms with E-state index in [2.05, 4.69) is 30.2 Å². The molecule has 7 nitrogen and oxygen atoms in total. The van der Waals surface area contributed by atoms with Crippen LogP contribution in [0.1, 0.15) is 29.4 Å². The maximum atomic E-state index is 4.75. The highest BCUT2D eigenvalue weighted by atomic mass is 15.3. The van der Waals surface area contributed by atoms with Crippen LogP contribution in [0.5, 0.6) is 0 Å². The van der Waals surface area contributed by atoms with Crippen LogP contribution in [0.4, 0.5) is 17.6 Å². The van der Waals surface area contributed by atoms with Crippen LogP contribution in [-0.2, 0) is 0 Å². The third-order valence-electron chi connectivity index (χ3n) is 4.52. The molecule has 1 fully saturated rings. The zero-order valence-corrected chi connectivity index (χ0v) is 14.9. The van der Waals surface area contributed by atoms with Crippen molar-refractivity contribution in [3.63, 3.8) is 0 Å². The fourth-order valence-corrected chi connectivity index (χ4v) is 3.18. The Hall–Kier alpha value is -3.09. The molecule has 0 bridgehead atoms. The molecule has 0 unspecified atom stereocenters. The topological polar surface area (TPSA) is 79.7 Å². The fraction of sp³-hybridized carbons (Fsp3) is 0.316. The van der Waals surface area contributed by atoms with Gasteiger partial charge in [0.15, 0.2) is 0 Å². The van der Waals surface area contributed by atoms with Crippen LogP contribution in [0.15, 0.2) is 42.9 Å². The summed E-state index contributed by atoms with van der Waals surface area (Å²) < 4.78 is 0. The summed E-state index contributed by atoms with van der Waals surface area (Å²) in [6.45, 7) is 5.76. The van der Waals surface area contributed by atoms with Crippen molar-refractivity contribution < 1.29 is 0 Å². The van der Waals surface area contributed by atoms with Crippen LogP contribution in [0.2, 0.25) is 0 Å². The normalized spacial score (nSPS) is 16.7. The number of pyridine rings is 1. The predicted octanol–water partition coefficient (Wildman–Crippen LogP) is 3.02. The molecule has 7 heteroatoms. The highest BCUT2D eigenvalue weighted by Gasteiger charge is 2.28. The average molecular weight is 347 g/mol. The molecule has 4 rings (SSSR count). The maximum absolute atomic E-state index is 4.75. The monoisotopic (exact) mass is 347 g/mol. The average Bonchev–Trinajstić information content (AvgIpc) is 3.14. The lowest BCUT2D eigenvalue weighted by Gasteiger charge is -2.16. The van der Waals surface area contributed by atoms with Gasteiger partial charge in [0.05, 0.1) is 0 Å². The van der Waals surface area contributed by atoms with Gasteiger partial charge in [-0.2, -0.15) is 0 Å². The van der Waals surface area contributed by atoms with Gasteiger partial charge in [0.2, 0.25) is 5.95 Å². The molecule has 132 valence electrons. The molecular formula is C19H21N7. The highest BCUT2D eigenvalue weighted by Crippen LogP contribution is 2.28. The molecule has 3 aromatic heterocycles. The molecule has 0 saturated carbocycles. The Morgan fingerprint density at radius 3 is 2.65 bits per heavy atom. The lowest BCUT2D eigenvalue weighted by Crippen LogP contribution is -2.22. The Bertz CT molecular complexity index is 897. The first-order valence-electron chi connectivity index (χ1n) is 8.75. The summed E-state index contributed by atoms with van der Waals surface area (Å²) in [6, 6.07) is 7.73. The molecule has 3 aromatic rings. The molecule has 0 aromatic carbocycles. The summed E-state index contributed by atoms with van der Waals surface area (Å²) >= 11 is 0. The second-order valence-electron chi connectivity index (χ2n) is 6.53. The number of aryl methyl sites for hydroxylation is 2. The second-order valence-corrected chi connectivity index (χ2v) is 6.53. The summed E-state index contributed by atoms with van der Waals surface area (Å²) in [4.78, 5) is 24.7. The molecule has 1 aliphatic rings. The number of hydrogen-bond acceptors (Lipinski definition) is 7. The molecule has 1 N–H and O–H groups in total. The second kappa shape index (κ2) is 7.03. The lowest BCUT2D eigenvalue weighted by atomic mass is 10.1. The zero-order valence-electron chi connectivity index (χ0n) is 14.9. The summed E-state index contributed by atoms with van der Waals surface area (Å²) in [5.41, 5.74) is 2.03. The zero-order chi connectivity index (χ0) is 17.9. The van der Waals surface area contributed by atoms with Crippen molar-refractivity contribution >= 4 is 17.6 Å². The molecule has 26 heavy (non-hydrogen) atoms. The Labute approximate surface area is 152 Å². The van der Waals surface area contributed by atoms with E-state index < -0.39 is 0 Å². The molecule has 1 saturated heterocycles. The van der Waals surface area contributed by atoms with Crippen molar-refractivity contribution in [3.05, 3.63) is 59.9 Å². The Morgan fingerprint density at radius 2 is 1.85 bits per heavy atom. The van der Waals surface area contributed by atoms with Crippen LogP contribution >= 0.6 is 0 Å². The first-order chi connectivity index (χ1) is 12.7. The summed E-state index contributed by atoms with van der Waals surface area (Å²) in [6.07, 6.45) is 6.31. The van der Waals surface area contributed by atoms with E-state index in [1.54, 1.807) is 18.6 Å². The Morgan fingerprint density at radius 1 is 1.04 bits per heavy atom. The fourth-order valence-electron chi connectivity index (χ4n) is 3.18. The molecule has 0 aliphatic carbocycles. The minimum Gasteiger partial charge on any atom is -0.340 e. The minimum atomic E-state index is 0.268. The molecular weight excluding hydrogens is 326 g/mol.